The summed E-state index contributed by atoms with van der Waals surface area (Å²) in [7, 11) is 1.98. The van der Waals surface area contributed by atoms with Gasteiger partial charge in [0.2, 0.25) is 5.95 Å². The number of fused-ring (bicyclic) bond motifs is 2. The molecule has 0 bridgehead atoms. The van der Waals surface area contributed by atoms with E-state index in [-0.39, 0.29) is 5.92 Å². The summed E-state index contributed by atoms with van der Waals surface area (Å²) in [6.07, 6.45) is -4.34. The standard InChI is InChI=1S/C25H20F3N3/c1-16(17-11-13-19(14-12-17)25(26,27)28)23-15-18-7-3-5-9-21(18)31(23)24-29-20-8-4-6-10-22(20)30(24)2/h3-16H,1-2H3/t16-/m0/s1. The highest BCUT2D eigenvalue weighted by molar-refractivity contribution is 5.85. The van der Waals surface area contributed by atoms with Gasteiger partial charge in [-0.25, -0.2) is 4.98 Å². The lowest BCUT2D eigenvalue weighted by Crippen LogP contribution is -2.10. The molecule has 0 saturated carbocycles. The summed E-state index contributed by atoms with van der Waals surface area (Å²) >= 11 is 0. The maximum absolute atomic E-state index is 13.0. The lowest BCUT2D eigenvalue weighted by molar-refractivity contribution is -0.137. The molecule has 5 aromatic rings. The second-order valence-electron chi connectivity index (χ2n) is 7.76. The number of alkyl halides is 3. The van der Waals surface area contributed by atoms with Crippen LogP contribution in [0.15, 0.2) is 78.9 Å². The first-order valence-corrected chi connectivity index (χ1v) is 10.0. The van der Waals surface area contributed by atoms with E-state index >= 15 is 0 Å². The fraction of sp³-hybridized carbons (Fsp3) is 0.160. The van der Waals surface area contributed by atoms with Crippen molar-refractivity contribution in [2.24, 2.45) is 7.05 Å². The van der Waals surface area contributed by atoms with Crippen molar-refractivity contribution >= 4 is 21.9 Å². The van der Waals surface area contributed by atoms with Crippen LogP contribution in [0.3, 0.4) is 0 Å². The molecule has 0 aliphatic heterocycles. The fourth-order valence-corrected chi connectivity index (χ4v) is 4.18. The van der Waals surface area contributed by atoms with Crippen LogP contribution in [0.5, 0.6) is 0 Å². The van der Waals surface area contributed by atoms with Crippen LogP contribution in [-0.2, 0) is 13.2 Å². The van der Waals surface area contributed by atoms with Crippen LogP contribution >= 0.6 is 0 Å². The van der Waals surface area contributed by atoms with E-state index < -0.39 is 11.7 Å². The zero-order valence-corrected chi connectivity index (χ0v) is 17.1. The van der Waals surface area contributed by atoms with Crippen molar-refractivity contribution in [2.45, 2.75) is 19.0 Å². The van der Waals surface area contributed by atoms with E-state index in [0.717, 1.165) is 51.3 Å². The minimum Gasteiger partial charge on any atom is -0.313 e. The Morgan fingerprint density at radius 1 is 0.839 bits per heavy atom. The van der Waals surface area contributed by atoms with E-state index in [9.17, 15) is 13.2 Å². The molecule has 156 valence electrons. The number of rotatable bonds is 3. The average molecular weight is 419 g/mol. The van der Waals surface area contributed by atoms with E-state index in [1.807, 2.05) is 67.1 Å². The molecule has 2 aromatic heterocycles. The monoisotopic (exact) mass is 419 g/mol. The molecule has 3 aromatic carbocycles. The van der Waals surface area contributed by atoms with Crippen LogP contribution in [0.2, 0.25) is 0 Å². The summed E-state index contributed by atoms with van der Waals surface area (Å²) in [5, 5.41) is 1.06. The van der Waals surface area contributed by atoms with Crippen LogP contribution in [0.4, 0.5) is 13.2 Å². The Kier molecular flexibility index (Phi) is 4.39. The van der Waals surface area contributed by atoms with E-state index in [2.05, 4.69) is 10.6 Å². The molecular weight excluding hydrogens is 399 g/mol. The fourth-order valence-electron chi connectivity index (χ4n) is 4.18. The number of benzene rings is 3. The molecule has 2 heterocycles. The predicted octanol–water partition coefficient (Wildman–Crippen LogP) is 6.69. The molecule has 0 fully saturated rings. The Labute approximate surface area is 177 Å². The van der Waals surface area contributed by atoms with Crippen molar-refractivity contribution in [3.8, 4) is 5.95 Å². The van der Waals surface area contributed by atoms with Gasteiger partial charge in [0.15, 0.2) is 0 Å². The SMILES string of the molecule is C[C@@H](c1ccc(C(F)(F)F)cc1)c1cc2ccccc2n1-c1nc2ccccc2n1C. The number of aromatic nitrogens is 3. The number of para-hydroxylation sites is 3. The van der Waals surface area contributed by atoms with Crippen molar-refractivity contribution in [1.29, 1.82) is 0 Å². The molecule has 0 saturated heterocycles. The largest absolute Gasteiger partial charge is 0.416 e. The molecule has 3 nitrogen and oxygen atoms in total. The molecule has 5 rings (SSSR count). The van der Waals surface area contributed by atoms with Gasteiger partial charge in [0.1, 0.15) is 0 Å². The number of aryl methyl sites for hydroxylation is 1. The van der Waals surface area contributed by atoms with Gasteiger partial charge >= 0.3 is 6.18 Å². The Hall–Kier alpha value is -3.54. The number of imidazole rings is 1. The summed E-state index contributed by atoms with van der Waals surface area (Å²) in [5.74, 6) is 0.644. The highest BCUT2D eigenvalue weighted by Gasteiger charge is 2.30. The van der Waals surface area contributed by atoms with Crippen molar-refractivity contribution in [2.75, 3.05) is 0 Å². The van der Waals surface area contributed by atoms with E-state index in [4.69, 9.17) is 4.98 Å². The van der Waals surface area contributed by atoms with Crippen molar-refractivity contribution < 1.29 is 13.2 Å². The Morgan fingerprint density at radius 3 is 2.16 bits per heavy atom. The molecule has 0 aliphatic rings. The van der Waals surface area contributed by atoms with E-state index in [1.54, 1.807) is 12.1 Å². The Morgan fingerprint density at radius 2 is 1.48 bits per heavy atom. The maximum atomic E-state index is 13.0. The normalized spacial score (nSPS) is 13.2. The van der Waals surface area contributed by atoms with Crippen molar-refractivity contribution in [3.63, 3.8) is 0 Å². The zero-order chi connectivity index (χ0) is 21.8. The first-order valence-electron chi connectivity index (χ1n) is 10.0. The molecular formula is C25H20F3N3. The van der Waals surface area contributed by atoms with Gasteiger partial charge in [-0.15, -0.1) is 0 Å². The summed E-state index contributed by atoms with van der Waals surface area (Å²) in [4.78, 5) is 4.87. The van der Waals surface area contributed by atoms with Crippen molar-refractivity contribution in [3.05, 3.63) is 95.7 Å². The van der Waals surface area contributed by atoms with Crippen LogP contribution in [0, 0.1) is 0 Å². The van der Waals surface area contributed by atoms with Gasteiger partial charge in [0.05, 0.1) is 22.1 Å². The van der Waals surface area contributed by atoms with E-state index in [1.165, 1.54) is 0 Å². The Bertz CT molecular complexity index is 1390. The lowest BCUT2D eigenvalue weighted by Gasteiger charge is -2.17. The number of halogens is 3. The second-order valence-corrected chi connectivity index (χ2v) is 7.76. The minimum absolute atomic E-state index is 0.130. The smallest absolute Gasteiger partial charge is 0.313 e. The summed E-state index contributed by atoms with van der Waals surface area (Å²) in [5.41, 5.74) is 4.07. The minimum atomic E-state index is -4.34. The third-order valence-electron chi connectivity index (χ3n) is 5.88. The third kappa shape index (κ3) is 3.19. The topological polar surface area (TPSA) is 22.8 Å². The van der Waals surface area contributed by atoms with Gasteiger partial charge in [-0.05, 0) is 42.0 Å². The van der Waals surface area contributed by atoms with Gasteiger partial charge in [0.25, 0.3) is 0 Å². The molecule has 6 heteroatoms. The van der Waals surface area contributed by atoms with Crippen LogP contribution in [0.25, 0.3) is 27.9 Å². The maximum Gasteiger partial charge on any atom is 0.416 e. The summed E-state index contributed by atoms with van der Waals surface area (Å²) in [6.45, 7) is 2.01. The van der Waals surface area contributed by atoms with Gasteiger partial charge in [-0.1, -0.05) is 49.4 Å². The lowest BCUT2D eigenvalue weighted by atomic mass is 9.96. The third-order valence-corrected chi connectivity index (χ3v) is 5.88. The number of hydrogen-bond donors (Lipinski definition) is 0. The second kappa shape index (κ2) is 7.01. The van der Waals surface area contributed by atoms with Gasteiger partial charge in [-0.2, -0.15) is 13.2 Å². The molecule has 0 aliphatic carbocycles. The average Bonchev–Trinajstić information content (AvgIpc) is 3.30. The van der Waals surface area contributed by atoms with Gasteiger partial charge < -0.3 is 4.57 Å². The number of nitrogens with zero attached hydrogens (tertiary/aromatic N) is 3. The molecule has 0 unspecified atom stereocenters. The highest BCUT2D eigenvalue weighted by atomic mass is 19.4. The summed E-state index contributed by atoms with van der Waals surface area (Å²) < 4.78 is 43.2. The first kappa shape index (κ1) is 19.4. The zero-order valence-electron chi connectivity index (χ0n) is 17.1. The molecule has 1 atom stereocenters. The van der Waals surface area contributed by atoms with Crippen LogP contribution in [-0.4, -0.2) is 14.1 Å². The number of hydrogen-bond acceptors (Lipinski definition) is 1. The Balaban J connectivity index is 1.70. The van der Waals surface area contributed by atoms with Gasteiger partial charge in [-0.3, -0.25) is 4.57 Å². The van der Waals surface area contributed by atoms with Crippen molar-refractivity contribution in [1.82, 2.24) is 14.1 Å². The molecule has 0 spiro atoms. The van der Waals surface area contributed by atoms with Gasteiger partial charge in [0, 0.05) is 24.0 Å². The molecule has 0 amide bonds. The molecule has 31 heavy (non-hydrogen) atoms. The van der Waals surface area contributed by atoms with E-state index in [0.29, 0.717) is 0 Å². The molecule has 0 radical (unpaired) electrons. The van der Waals surface area contributed by atoms with Crippen LogP contribution in [0.1, 0.15) is 29.7 Å². The summed E-state index contributed by atoms with van der Waals surface area (Å²) in [6, 6.07) is 23.5. The predicted molar refractivity (Wildman–Crippen MR) is 117 cm³/mol. The first-order chi connectivity index (χ1) is 14.8. The quantitative estimate of drug-likeness (QED) is 0.320. The van der Waals surface area contributed by atoms with Crippen LogP contribution < -0.4 is 0 Å². The highest BCUT2D eigenvalue weighted by Crippen LogP contribution is 2.35. The molecule has 0 N–H and O–H groups in total.